The van der Waals surface area contributed by atoms with Crippen LogP contribution in [0.4, 0.5) is 0 Å². The lowest BCUT2D eigenvalue weighted by molar-refractivity contribution is 0.0846. The van der Waals surface area contributed by atoms with Gasteiger partial charge < -0.3 is 14.2 Å². The van der Waals surface area contributed by atoms with E-state index in [9.17, 15) is 9.59 Å². The van der Waals surface area contributed by atoms with Crippen molar-refractivity contribution in [2.45, 2.75) is 0 Å². The summed E-state index contributed by atoms with van der Waals surface area (Å²) >= 11 is 3.29. The lowest BCUT2D eigenvalue weighted by atomic mass is 10.1. The van der Waals surface area contributed by atoms with Crippen molar-refractivity contribution in [2.75, 3.05) is 21.3 Å². The molecular formula is C17H17BrN2O5. The number of hydrogen-bond acceptors (Lipinski definition) is 5. The predicted molar refractivity (Wildman–Crippen MR) is 95.2 cm³/mol. The van der Waals surface area contributed by atoms with Gasteiger partial charge in [-0.3, -0.25) is 20.4 Å². The molecule has 0 saturated carbocycles. The fraction of sp³-hybridized carbons (Fsp3) is 0.176. The van der Waals surface area contributed by atoms with Crippen LogP contribution < -0.4 is 25.1 Å². The van der Waals surface area contributed by atoms with Gasteiger partial charge in [0, 0.05) is 15.6 Å². The van der Waals surface area contributed by atoms with E-state index in [4.69, 9.17) is 14.2 Å². The van der Waals surface area contributed by atoms with Crippen molar-refractivity contribution in [3.8, 4) is 17.2 Å². The fourth-order valence-corrected chi connectivity index (χ4v) is 2.50. The highest BCUT2D eigenvalue weighted by atomic mass is 79.9. The van der Waals surface area contributed by atoms with Crippen LogP contribution in [0.15, 0.2) is 40.9 Å². The van der Waals surface area contributed by atoms with Gasteiger partial charge in [0.25, 0.3) is 11.8 Å². The maximum Gasteiger partial charge on any atom is 0.269 e. The van der Waals surface area contributed by atoms with E-state index < -0.39 is 11.8 Å². The summed E-state index contributed by atoms with van der Waals surface area (Å²) in [5, 5.41) is 0. The first-order chi connectivity index (χ1) is 12.0. The Labute approximate surface area is 153 Å². The number of carbonyl (C=O) groups excluding carboxylic acids is 2. The lowest BCUT2D eigenvalue weighted by Crippen LogP contribution is -2.41. The molecule has 132 valence electrons. The average Bonchev–Trinajstić information content (AvgIpc) is 2.64. The van der Waals surface area contributed by atoms with Gasteiger partial charge in [-0.2, -0.15) is 0 Å². The van der Waals surface area contributed by atoms with Gasteiger partial charge in [-0.1, -0.05) is 22.0 Å². The number of benzene rings is 2. The zero-order valence-corrected chi connectivity index (χ0v) is 15.5. The molecule has 2 amide bonds. The summed E-state index contributed by atoms with van der Waals surface area (Å²) < 4.78 is 16.4. The predicted octanol–water partition coefficient (Wildman–Crippen LogP) is 2.55. The highest BCUT2D eigenvalue weighted by Crippen LogP contribution is 2.38. The molecule has 0 radical (unpaired) electrons. The maximum absolute atomic E-state index is 12.3. The number of nitrogens with one attached hydrogen (secondary N) is 2. The Morgan fingerprint density at radius 3 is 1.88 bits per heavy atom. The second-order valence-corrected chi connectivity index (χ2v) is 5.75. The molecule has 2 N–H and O–H groups in total. The number of methoxy groups -OCH3 is 3. The van der Waals surface area contributed by atoms with Crippen LogP contribution in [-0.2, 0) is 0 Å². The molecule has 2 rings (SSSR count). The minimum absolute atomic E-state index is 0.240. The van der Waals surface area contributed by atoms with Crippen LogP contribution >= 0.6 is 15.9 Å². The number of hydrogen-bond donors (Lipinski definition) is 2. The van der Waals surface area contributed by atoms with E-state index in [1.54, 1.807) is 24.3 Å². The van der Waals surface area contributed by atoms with Crippen LogP contribution in [0.2, 0.25) is 0 Å². The Morgan fingerprint density at radius 2 is 1.40 bits per heavy atom. The Bertz CT molecular complexity index is 769. The quantitative estimate of drug-likeness (QED) is 0.742. The number of carbonyl (C=O) groups is 2. The van der Waals surface area contributed by atoms with Gasteiger partial charge in [0.1, 0.15) is 0 Å². The third kappa shape index (κ3) is 4.42. The smallest absolute Gasteiger partial charge is 0.269 e. The summed E-state index contributed by atoms with van der Waals surface area (Å²) in [7, 11) is 4.38. The van der Waals surface area contributed by atoms with E-state index in [1.165, 1.54) is 33.5 Å². The van der Waals surface area contributed by atoms with Crippen LogP contribution in [0.1, 0.15) is 20.7 Å². The lowest BCUT2D eigenvalue weighted by Gasteiger charge is -2.14. The van der Waals surface area contributed by atoms with Gasteiger partial charge >= 0.3 is 0 Å². The SMILES string of the molecule is COc1cc(C(=O)NNC(=O)c2cccc(Br)c2)cc(OC)c1OC. The molecule has 7 nitrogen and oxygen atoms in total. The monoisotopic (exact) mass is 408 g/mol. The Kier molecular flexibility index (Phi) is 6.24. The molecule has 0 aromatic heterocycles. The highest BCUT2D eigenvalue weighted by molar-refractivity contribution is 9.10. The minimum Gasteiger partial charge on any atom is -0.493 e. The zero-order valence-electron chi connectivity index (χ0n) is 13.9. The normalized spacial score (nSPS) is 9.92. The Morgan fingerprint density at radius 1 is 0.840 bits per heavy atom. The van der Waals surface area contributed by atoms with E-state index in [1.807, 2.05) is 0 Å². The van der Waals surface area contributed by atoms with Crippen molar-refractivity contribution in [3.05, 3.63) is 52.0 Å². The average molecular weight is 409 g/mol. The number of hydrazine groups is 1. The van der Waals surface area contributed by atoms with Gasteiger partial charge in [0.05, 0.1) is 21.3 Å². The van der Waals surface area contributed by atoms with Crippen LogP contribution in [0.5, 0.6) is 17.2 Å². The fourth-order valence-electron chi connectivity index (χ4n) is 2.10. The first-order valence-corrected chi connectivity index (χ1v) is 7.95. The molecule has 0 saturated heterocycles. The van der Waals surface area contributed by atoms with Crippen molar-refractivity contribution in [2.24, 2.45) is 0 Å². The van der Waals surface area contributed by atoms with Crippen molar-refractivity contribution >= 4 is 27.7 Å². The standard InChI is InChI=1S/C17H17BrN2O5/c1-23-13-8-11(9-14(24-2)15(13)25-3)17(22)20-19-16(21)10-5-4-6-12(18)7-10/h4-9H,1-3H3,(H,19,21)(H,20,22). The van der Waals surface area contributed by atoms with Crippen LogP contribution in [0.3, 0.4) is 0 Å². The molecular weight excluding hydrogens is 392 g/mol. The number of rotatable bonds is 5. The molecule has 0 aliphatic heterocycles. The van der Waals surface area contributed by atoms with Gasteiger partial charge in [-0.15, -0.1) is 0 Å². The molecule has 0 bridgehead atoms. The molecule has 0 aliphatic rings. The van der Waals surface area contributed by atoms with Crippen molar-refractivity contribution < 1.29 is 23.8 Å². The van der Waals surface area contributed by atoms with Crippen LogP contribution in [-0.4, -0.2) is 33.1 Å². The second kappa shape index (κ2) is 8.39. The third-order valence-electron chi connectivity index (χ3n) is 3.30. The van der Waals surface area contributed by atoms with E-state index in [-0.39, 0.29) is 5.56 Å². The molecule has 25 heavy (non-hydrogen) atoms. The Hall–Kier alpha value is -2.74. The summed E-state index contributed by atoms with van der Waals surface area (Å²) in [5.74, 6) is 0.0834. The molecule has 0 heterocycles. The van der Waals surface area contributed by atoms with Gasteiger partial charge in [-0.05, 0) is 30.3 Å². The summed E-state index contributed by atoms with van der Waals surface area (Å²) in [6.45, 7) is 0. The van der Waals surface area contributed by atoms with Crippen LogP contribution in [0, 0.1) is 0 Å². The molecule has 0 spiro atoms. The van der Waals surface area contributed by atoms with Crippen molar-refractivity contribution in [1.29, 1.82) is 0 Å². The zero-order chi connectivity index (χ0) is 18.4. The molecule has 2 aromatic carbocycles. The van der Waals surface area contributed by atoms with E-state index in [0.29, 0.717) is 22.8 Å². The molecule has 0 fully saturated rings. The first kappa shape index (κ1) is 18.6. The van der Waals surface area contributed by atoms with Gasteiger partial charge in [0.15, 0.2) is 11.5 Å². The highest BCUT2D eigenvalue weighted by Gasteiger charge is 2.17. The van der Waals surface area contributed by atoms with Crippen molar-refractivity contribution in [1.82, 2.24) is 10.9 Å². The van der Waals surface area contributed by atoms with E-state index in [0.717, 1.165) is 4.47 Å². The molecule has 0 aliphatic carbocycles. The topological polar surface area (TPSA) is 85.9 Å². The van der Waals surface area contributed by atoms with Gasteiger partial charge in [-0.25, -0.2) is 0 Å². The number of halogens is 1. The molecule has 0 atom stereocenters. The van der Waals surface area contributed by atoms with E-state index in [2.05, 4.69) is 26.8 Å². The summed E-state index contributed by atoms with van der Waals surface area (Å²) in [4.78, 5) is 24.4. The number of ether oxygens (including phenoxy) is 3. The second-order valence-electron chi connectivity index (χ2n) is 4.83. The van der Waals surface area contributed by atoms with Gasteiger partial charge in [0.2, 0.25) is 5.75 Å². The Balaban J connectivity index is 2.14. The molecule has 2 aromatic rings. The van der Waals surface area contributed by atoms with Crippen LogP contribution in [0.25, 0.3) is 0 Å². The molecule has 0 unspecified atom stereocenters. The van der Waals surface area contributed by atoms with Crippen molar-refractivity contribution in [3.63, 3.8) is 0 Å². The largest absolute Gasteiger partial charge is 0.493 e. The van der Waals surface area contributed by atoms with E-state index >= 15 is 0 Å². The summed E-state index contributed by atoms with van der Waals surface area (Å²) in [5.41, 5.74) is 5.35. The summed E-state index contributed by atoms with van der Waals surface area (Å²) in [6, 6.07) is 9.77. The minimum atomic E-state index is -0.525. The molecule has 8 heteroatoms. The third-order valence-corrected chi connectivity index (χ3v) is 3.80. The summed E-state index contributed by atoms with van der Waals surface area (Å²) in [6.07, 6.45) is 0. The number of amides is 2. The first-order valence-electron chi connectivity index (χ1n) is 7.16. The maximum atomic E-state index is 12.3.